The lowest BCUT2D eigenvalue weighted by molar-refractivity contribution is -0.250. The SMILES string of the molecule is O[C@@H]1COC(c2ccccc2)O[C@H]1/C(F)=C/OCc1ccccc1. The van der Waals surface area contributed by atoms with Gasteiger partial charge in [-0.3, -0.25) is 0 Å². The van der Waals surface area contributed by atoms with E-state index in [0.717, 1.165) is 17.4 Å². The largest absolute Gasteiger partial charge is 0.494 e. The summed E-state index contributed by atoms with van der Waals surface area (Å²) < 4.78 is 30.6. The molecule has 0 amide bonds. The molecule has 0 aromatic heterocycles. The number of rotatable bonds is 5. The van der Waals surface area contributed by atoms with Gasteiger partial charge in [0.15, 0.2) is 12.1 Å². The van der Waals surface area contributed by atoms with Crippen LogP contribution < -0.4 is 0 Å². The number of ether oxygens (including phenoxy) is 3. The Bertz CT molecular complexity index is 660. The second-order valence-corrected chi connectivity index (χ2v) is 5.50. The first-order valence-electron chi connectivity index (χ1n) is 7.75. The van der Waals surface area contributed by atoms with Crippen LogP contribution in [0.3, 0.4) is 0 Å². The zero-order valence-corrected chi connectivity index (χ0v) is 13.0. The Morgan fingerprint density at radius 2 is 1.79 bits per heavy atom. The first kappa shape index (κ1) is 16.6. The third-order valence-corrected chi connectivity index (χ3v) is 3.67. The predicted molar refractivity (Wildman–Crippen MR) is 86.4 cm³/mol. The van der Waals surface area contributed by atoms with Crippen molar-refractivity contribution < 1.29 is 23.7 Å². The normalized spacial score (nSPS) is 24.6. The third-order valence-electron chi connectivity index (χ3n) is 3.67. The fourth-order valence-electron chi connectivity index (χ4n) is 2.43. The maximum Gasteiger partial charge on any atom is 0.184 e. The smallest absolute Gasteiger partial charge is 0.184 e. The van der Waals surface area contributed by atoms with E-state index >= 15 is 0 Å². The van der Waals surface area contributed by atoms with Gasteiger partial charge in [0.05, 0.1) is 6.61 Å². The number of halogens is 1. The van der Waals surface area contributed by atoms with Crippen LogP contribution in [0.5, 0.6) is 0 Å². The summed E-state index contributed by atoms with van der Waals surface area (Å²) >= 11 is 0. The van der Waals surface area contributed by atoms with E-state index in [1.165, 1.54) is 0 Å². The molecule has 1 heterocycles. The molecule has 1 saturated heterocycles. The van der Waals surface area contributed by atoms with E-state index in [9.17, 15) is 9.50 Å². The third kappa shape index (κ3) is 4.20. The summed E-state index contributed by atoms with van der Waals surface area (Å²) in [6, 6.07) is 18.7. The van der Waals surface area contributed by atoms with Crippen LogP contribution in [0.1, 0.15) is 17.4 Å². The Kier molecular flexibility index (Phi) is 5.59. The van der Waals surface area contributed by atoms with Crippen molar-refractivity contribution in [3.8, 4) is 0 Å². The first-order valence-corrected chi connectivity index (χ1v) is 7.75. The van der Waals surface area contributed by atoms with Crippen molar-refractivity contribution in [3.05, 3.63) is 83.9 Å². The van der Waals surface area contributed by atoms with Gasteiger partial charge in [0.1, 0.15) is 25.1 Å². The Labute approximate surface area is 140 Å². The van der Waals surface area contributed by atoms with E-state index in [4.69, 9.17) is 14.2 Å². The van der Waals surface area contributed by atoms with Crippen LogP contribution in [0.25, 0.3) is 0 Å². The predicted octanol–water partition coefficient (Wildman–Crippen LogP) is 3.49. The average molecular weight is 330 g/mol. The molecule has 5 heteroatoms. The minimum Gasteiger partial charge on any atom is -0.494 e. The van der Waals surface area contributed by atoms with Crippen molar-refractivity contribution in [3.63, 3.8) is 0 Å². The minimum absolute atomic E-state index is 0.00975. The summed E-state index contributed by atoms with van der Waals surface area (Å²) in [6.07, 6.45) is -1.91. The summed E-state index contributed by atoms with van der Waals surface area (Å²) in [7, 11) is 0. The maximum atomic E-state index is 14.3. The molecule has 2 aromatic carbocycles. The molecule has 4 nitrogen and oxygen atoms in total. The van der Waals surface area contributed by atoms with Crippen LogP contribution in [0, 0.1) is 0 Å². The van der Waals surface area contributed by atoms with Gasteiger partial charge in [-0.2, -0.15) is 0 Å². The second-order valence-electron chi connectivity index (χ2n) is 5.50. The molecule has 0 spiro atoms. The highest BCUT2D eigenvalue weighted by Gasteiger charge is 2.34. The zero-order chi connectivity index (χ0) is 16.8. The van der Waals surface area contributed by atoms with E-state index < -0.39 is 24.3 Å². The van der Waals surface area contributed by atoms with Gasteiger partial charge in [0.2, 0.25) is 0 Å². The van der Waals surface area contributed by atoms with Gasteiger partial charge < -0.3 is 19.3 Å². The lowest BCUT2D eigenvalue weighted by atomic mass is 10.1. The Hall–Kier alpha value is -2.21. The molecule has 3 rings (SSSR count). The topological polar surface area (TPSA) is 47.9 Å². The van der Waals surface area contributed by atoms with Crippen molar-refractivity contribution in [1.82, 2.24) is 0 Å². The second kappa shape index (κ2) is 8.06. The zero-order valence-electron chi connectivity index (χ0n) is 13.0. The highest BCUT2D eigenvalue weighted by atomic mass is 19.1. The van der Waals surface area contributed by atoms with Crippen molar-refractivity contribution in [2.24, 2.45) is 0 Å². The fraction of sp³-hybridized carbons (Fsp3) is 0.263. The Balaban J connectivity index is 1.61. The van der Waals surface area contributed by atoms with Crippen LogP contribution >= 0.6 is 0 Å². The molecule has 1 aliphatic rings. The van der Waals surface area contributed by atoms with Crippen LogP contribution in [0.2, 0.25) is 0 Å². The molecule has 2 aromatic rings. The summed E-state index contributed by atoms with van der Waals surface area (Å²) in [4.78, 5) is 0. The van der Waals surface area contributed by atoms with E-state index in [2.05, 4.69) is 0 Å². The highest BCUT2D eigenvalue weighted by Crippen LogP contribution is 2.30. The van der Waals surface area contributed by atoms with Gasteiger partial charge in [-0.15, -0.1) is 0 Å². The number of hydrogen-bond donors (Lipinski definition) is 1. The van der Waals surface area contributed by atoms with Crippen LogP contribution in [-0.4, -0.2) is 23.9 Å². The summed E-state index contributed by atoms with van der Waals surface area (Å²) in [5.41, 5.74) is 1.70. The van der Waals surface area contributed by atoms with Crippen molar-refractivity contribution in [1.29, 1.82) is 0 Å². The lowest BCUT2D eigenvalue weighted by Gasteiger charge is -2.33. The molecule has 0 aliphatic carbocycles. The molecule has 0 bridgehead atoms. The van der Waals surface area contributed by atoms with Gasteiger partial charge in [-0.1, -0.05) is 60.7 Å². The van der Waals surface area contributed by atoms with Crippen molar-refractivity contribution >= 4 is 0 Å². The highest BCUT2D eigenvalue weighted by molar-refractivity contribution is 5.17. The minimum atomic E-state index is -1.11. The maximum absolute atomic E-state index is 14.3. The van der Waals surface area contributed by atoms with Gasteiger partial charge in [-0.25, -0.2) is 4.39 Å². The van der Waals surface area contributed by atoms with Gasteiger partial charge in [-0.05, 0) is 5.56 Å². The Morgan fingerprint density at radius 3 is 2.50 bits per heavy atom. The number of benzene rings is 2. The first-order chi connectivity index (χ1) is 11.7. The van der Waals surface area contributed by atoms with E-state index in [-0.39, 0.29) is 13.2 Å². The number of aliphatic hydroxyl groups excluding tert-OH is 1. The molecule has 0 radical (unpaired) electrons. The van der Waals surface area contributed by atoms with Crippen LogP contribution in [-0.2, 0) is 20.8 Å². The van der Waals surface area contributed by atoms with Gasteiger partial charge in [0.25, 0.3) is 0 Å². The number of aliphatic hydroxyl groups is 1. The summed E-state index contributed by atoms with van der Waals surface area (Å²) in [5, 5.41) is 9.93. The Morgan fingerprint density at radius 1 is 1.12 bits per heavy atom. The standard InChI is InChI=1S/C19H19FO4/c20-16(12-22-11-14-7-3-1-4-8-14)18-17(21)13-23-19(24-18)15-9-5-2-6-10-15/h1-10,12,17-19,21H,11,13H2/b16-12-/t17-,18+,19?/m1/s1. The van der Waals surface area contributed by atoms with Crippen molar-refractivity contribution in [2.45, 2.75) is 25.1 Å². The molecule has 1 fully saturated rings. The van der Waals surface area contributed by atoms with E-state index in [1.807, 2.05) is 60.7 Å². The monoisotopic (exact) mass is 330 g/mol. The quantitative estimate of drug-likeness (QED) is 0.853. The molecule has 1 N–H and O–H groups in total. The van der Waals surface area contributed by atoms with Crippen LogP contribution in [0.15, 0.2) is 72.8 Å². The number of hydrogen-bond acceptors (Lipinski definition) is 4. The molecule has 1 aliphatic heterocycles. The summed E-state index contributed by atoms with van der Waals surface area (Å²) in [6.45, 7) is 0.236. The van der Waals surface area contributed by atoms with Crippen LogP contribution in [0.4, 0.5) is 4.39 Å². The van der Waals surface area contributed by atoms with E-state index in [1.54, 1.807) is 0 Å². The average Bonchev–Trinajstić information content (AvgIpc) is 2.63. The summed E-state index contributed by atoms with van der Waals surface area (Å²) in [5.74, 6) is -0.664. The van der Waals surface area contributed by atoms with E-state index in [0.29, 0.717) is 0 Å². The molecule has 0 saturated carbocycles. The fourth-order valence-corrected chi connectivity index (χ4v) is 2.43. The molecule has 126 valence electrons. The molecule has 1 unspecified atom stereocenters. The molecule has 24 heavy (non-hydrogen) atoms. The molecular formula is C19H19FO4. The van der Waals surface area contributed by atoms with Gasteiger partial charge in [0, 0.05) is 5.56 Å². The van der Waals surface area contributed by atoms with Crippen molar-refractivity contribution in [2.75, 3.05) is 6.61 Å². The molecule has 3 atom stereocenters. The molecular weight excluding hydrogens is 311 g/mol. The van der Waals surface area contributed by atoms with Gasteiger partial charge >= 0.3 is 0 Å². The lowest BCUT2D eigenvalue weighted by Crippen LogP contribution is -2.40.